The van der Waals surface area contributed by atoms with Gasteiger partial charge < -0.3 is 14.1 Å². The summed E-state index contributed by atoms with van der Waals surface area (Å²) in [5, 5.41) is 7.17. The van der Waals surface area contributed by atoms with Gasteiger partial charge in [-0.3, -0.25) is 0 Å². The lowest BCUT2D eigenvalue weighted by Gasteiger charge is -2.24. The van der Waals surface area contributed by atoms with E-state index < -0.39 is 9.84 Å². The number of morpholine rings is 1. The summed E-state index contributed by atoms with van der Waals surface area (Å²) in [6.45, 7) is 7.96. The molecule has 2 rings (SSSR count). The molecule has 0 atom stereocenters. The molecule has 0 radical (unpaired) electrons. The van der Waals surface area contributed by atoms with Crippen molar-refractivity contribution in [1.29, 1.82) is 0 Å². The molecule has 0 aliphatic carbocycles. The van der Waals surface area contributed by atoms with Crippen molar-refractivity contribution in [3.63, 3.8) is 0 Å². The predicted molar refractivity (Wildman–Crippen MR) is 68.8 cm³/mol. The summed E-state index contributed by atoms with van der Waals surface area (Å²) < 4.78 is 34.7. The fourth-order valence-corrected chi connectivity index (χ4v) is 3.47. The second-order valence-electron chi connectivity index (χ2n) is 5.77. The predicted octanol–water partition coefficient (Wildman–Crippen LogP) is 0.726. The van der Waals surface area contributed by atoms with Crippen LogP contribution < -0.4 is 4.90 Å². The van der Waals surface area contributed by atoms with E-state index in [1.54, 1.807) is 0 Å². The number of ether oxygens (including phenoxy) is 1. The van der Waals surface area contributed by atoms with Gasteiger partial charge in [0.25, 0.3) is 0 Å². The number of sulfone groups is 1. The number of aromatic nitrogens is 2. The van der Waals surface area contributed by atoms with Gasteiger partial charge in [-0.25, -0.2) is 8.42 Å². The van der Waals surface area contributed by atoms with Crippen LogP contribution in [0.1, 0.15) is 20.8 Å². The molecule has 1 fully saturated rings. The van der Waals surface area contributed by atoms with E-state index in [2.05, 4.69) is 10.2 Å². The molecule has 19 heavy (non-hydrogen) atoms. The summed E-state index contributed by atoms with van der Waals surface area (Å²) in [6, 6.07) is 0.246. The van der Waals surface area contributed by atoms with Crippen molar-refractivity contribution in [2.24, 2.45) is 5.41 Å². The summed E-state index contributed by atoms with van der Waals surface area (Å²) in [4.78, 5) is 1.83. The van der Waals surface area contributed by atoms with Crippen molar-refractivity contribution in [3.05, 3.63) is 0 Å². The van der Waals surface area contributed by atoms with Crippen molar-refractivity contribution in [3.8, 4) is 0 Å². The average Bonchev–Trinajstić information content (AvgIpc) is 2.77. The number of hydrogen-bond donors (Lipinski definition) is 0. The molecule has 1 aromatic heterocycles. The normalized spacial score (nSPS) is 17.7. The van der Waals surface area contributed by atoms with Gasteiger partial charge >= 0.3 is 11.2 Å². The lowest BCUT2D eigenvalue weighted by Crippen LogP contribution is -2.36. The van der Waals surface area contributed by atoms with E-state index >= 15 is 0 Å². The highest BCUT2D eigenvalue weighted by Crippen LogP contribution is 2.23. The molecule has 0 saturated carbocycles. The molecule has 0 unspecified atom stereocenters. The summed E-state index contributed by atoms with van der Waals surface area (Å²) in [5.41, 5.74) is -0.355. The van der Waals surface area contributed by atoms with Crippen molar-refractivity contribution >= 4 is 15.9 Å². The molecular formula is C11H19N3O4S. The second-order valence-corrected chi connectivity index (χ2v) is 7.64. The Balaban J connectivity index is 2.16. The summed E-state index contributed by atoms with van der Waals surface area (Å²) in [5.74, 6) is -0.0231. The van der Waals surface area contributed by atoms with Crippen LogP contribution in [0, 0.1) is 5.41 Å². The van der Waals surface area contributed by atoms with Crippen LogP contribution in [0.3, 0.4) is 0 Å². The van der Waals surface area contributed by atoms with Crippen LogP contribution >= 0.6 is 0 Å². The third-order valence-electron chi connectivity index (χ3n) is 2.57. The Labute approximate surface area is 112 Å². The Morgan fingerprint density at radius 3 is 2.42 bits per heavy atom. The van der Waals surface area contributed by atoms with Gasteiger partial charge in [0, 0.05) is 13.1 Å². The lowest BCUT2D eigenvalue weighted by atomic mass is 10.0. The Hall–Kier alpha value is -1.15. The fourth-order valence-electron chi connectivity index (χ4n) is 1.84. The minimum absolute atomic E-state index is 0.0231. The smallest absolute Gasteiger partial charge is 0.336 e. The minimum Gasteiger partial charge on any atom is -0.394 e. The van der Waals surface area contributed by atoms with Crippen LogP contribution in [0.2, 0.25) is 0 Å². The maximum absolute atomic E-state index is 12.1. The summed E-state index contributed by atoms with van der Waals surface area (Å²) >= 11 is 0. The monoisotopic (exact) mass is 289 g/mol. The fraction of sp³-hybridized carbons (Fsp3) is 0.818. The van der Waals surface area contributed by atoms with Crippen LogP contribution in [0.25, 0.3) is 0 Å². The molecule has 0 amide bonds. The first kappa shape index (κ1) is 14.3. The first-order chi connectivity index (χ1) is 8.78. The van der Waals surface area contributed by atoms with Crippen molar-refractivity contribution in [2.75, 3.05) is 37.0 Å². The highest BCUT2D eigenvalue weighted by Gasteiger charge is 2.29. The molecular weight excluding hydrogens is 270 g/mol. The molecule has 1 aromatic rings. The van der Waals surface area contributed by atoms with Crippen LogP contribution in [0.5, 0.6) is 0 Å². The van der Waals surface area contributed by atoms with Crippen molar-refractivity contribution in [1.82, 2.24) is 10.2 Å². The third kappa shape index (κ3) is 3.66. The zero-order valence-electron chi connectivity index (χ0n) is 11.4. The van der Waals surface area contributed by atoms with E-state index in [0.29, 0.717) is 26.3 Å². The van der Waals surface area contributed by atoms with Crippen LogP contribution in [-0.2, 0) is 14.6 Å². The number of rotatable bonds is 3. The first-order valence-electron chi connectivity index (χ1n) is 6.17. The molecule has 0 spiro atoms. The maximum atomic E-state index is 12.1. The lowest BCUT2D eigenvalue weighted by molar-refractivity contribution is 0.120. The van der Waals surface area contributed by atoms with Crippen LogP contribution in [0.15, 0.2) is 9.64 Å². The maximum Gasteiger partial charge on any atom is 0.336 e. The molecule has 108 valence electrons. The van der Waals surface area contributed by atoms with Crippen molar-refractivity contribution < 1.29 is 17.6 Å². The van der Waals surface area contributed by atoms with Crippen molar-refractivity contribution in [2.45, 2.75) is 26.0 Å². The molecule has 1 aliphatic heterocycles. The Kier molecular flexibility index (Phi) is 3.82. The Morgan fingerprint density at radius 1 is 1.21 bits per heavy atom. The molecule has 7 nitrogen and oxygen atoms in total. The number of anilines is 1. The summed E-state index contributed by atoms with van der Waals surface area (Å²) in [6.07, 6.45) is 0. The summed E-state index contributed by atoms with van der Waals surface area (Å²) in [7, 11) is -3.53. The standard InChI is InChI=1S/C11H19N3O4S/c1-11(2,3)8-19(15,16)10-13-12-9(18-10)14-4-6-17-7-5-14/h4-8H2,1-3H3. The van der Waals surface area contributed by atoms with Crippen LogP contribution in [-0.4, -0.2) is 50.7 Å². The quantitative estimate of drug-likeness (QED) is 0.810. The van der Waals surface area contributed by atoms with Gasteiger partial charge in [0.05, 0.1) is 19.0 Å². The van der Waals surface area contributed by atoms with E-state index in [9.17, 15) is 8.42 Å². The van der Waals surface area contributed by atoms with Gasteiger partial charge in [0.15, 0.2) is 0 Å². The van der Waals surface area contributed by atoms with E-state index in [-0.39, 0.29) is 22.4 Å². The van der Waals surface area contributed by atoms with Gasteiger partial charge in [0.2, 0.25) is 9.84 Å². The first-order valence-corrected chi connectivity index (χ1v) is 7.82. The van der Waals surface area contributed by atoms with Gasteiger partial charge in [-0.2, -0.15) is 0 Å². The van der Waals surface area contributed by atoms with Crippen LogP contribution in [0.4, 0.5) is 6.01 Å². The van der Waals surface area contributed by atoms with Gasteiger partial charge in [-0.15, -0.1) is 0 Å². The topological polar surface area (TPSA) is 85.5 Å². The van der Waals surface area contributed by atoms with Gasteiger partial charge in [-0.1, -0.05) is 31.0 Å². The third-order valence-corrected chi connectivity index (χ3v) is 4.51. The Morgan fingerprint density at radius 2 is 1.84 bits per heavy atom. The minimum atomic E-state index is -3.53. The highest BCUT2D eigenvalue weighted by atomic mass is 32.2. The zero-order valence-corrected chi connectivity index (χ0v) is 12.2. The van der Waals surface area contributed by atoms with Gasteiger partial charge in [-0.05, 0) is 5.41 Å². The molecule has 2 heterocycles. The van der Waals surface area contributed by atoms with E-state index in [4.69, 9.17) is 9.15 Å². The van der Waals surface area contributed by atoms with E-state index in [1.165, 1.54) is 0 Å². The molecule has 1 aliphatic rings. The highest BCUT2D eigenvalue weighted by molar-refractivity contribution is 7.91. The Bertz CT molecular complexity index is 526. The SMILES string of the molecule is CC(C)(C)CS(=O)(=O)c1nnc(N2CCOCC2)o1. The molecule has 0 aromatic carbocycles. The second kappa shape index (κ2) is 5.09. The average molecular weight is 289 g/mol. The largest absolute Gasteiger partial charge is 0.394 e. The number of hydrogen-bond acceptors (Lipinski definition) is 7. The molecule has 1 saturated heterocycles. The number of nitrogens with zero attached hydrogens (tertiary/aromatic N) is 3. The molecule has 8 heteroatoms. The van der Waals surface area contributed by atoms with E-state index in [1.807, 2.05) is 25.7 Å². The molecule has 0 bridgehead atoms. The molecule has 0 N–H and O–H groups in total. The van der Waals surface area contributed by atoms with Gasteiger partial charge in [0.1, 0.15) is 0 Å². The van der Waals surface area contributed by atoms with E-state index in [0.717, 1.165) is 0 Å². The zero-order chi connectivity index (χ0) is 14.1.